The van der Waals surface area contributed by atoms with E-state index >= 15 is 0 Å². The average Bonchev–Trinajstić information content (AvgIpc) is 2.58. The number of hydrogen-bond donors (Lipinski definition) is 1. The van der Waals surface area contributed by atoms with Crippen LogP contribution in [0.5, 0.6) is 0 Å². The van der Waals surface area contributed by atoms with E-state index in [-0.39, 0.29) is 0 Å². The molecule has 4 nitrogen and oxygen atoms in total. The summed E-state index contributed by atoms with van der Waals surface area (Å²) in [6.07, 6.45) is 1.65. The molecule has 0 atom stereocenters. The summed E-state index contributed by atoms with van der Waals surface area (Å²) in [5, 5.41) is 1.24. The molecule has 0 spiro atoms. The fourth-order valence-electron chi connectivity index (χ4n) is 2.13. The Morgan fingerprint density at radius 1 is 0.773 bits per heavy atom. The number of benzene rings is 2. The third-order valence-corrected chi connectivity index (χ3v) is 5.61. The van der Waals surface area contributed by atoms with Crippen molar-refractivity contribution in [2.24, 2.45) is 0 Å². The molecule has 0 fully saturated rings. The van der Waals surface area contributed by atoms with E-state index < -0.39 is 7.37 Å². The zero-order valence-electron chi connectivity index (χ0n) is 11.9. The van der Waals surface area contributed by atoms with Crippen molar-refractivity contribution in [1.82, 2.24) is 0 Å². The number of nitrogens with zero attached hydrogens (tertiary/aromatic N) is 1. The molecule has 0 saturated heterocycles. The van der Waals surface area contributed by atoms with Crippen molar-refractivity contribution < 1.29 is 13.9 Å². The molecule has 3 aromatic rings. The van der Waals surface area contributed by atoms with Crippen LogP contribution in [0.15, 0.2) is 85.1 Å². The van der Waals surface area contributed by atoms with Crippen LogP contribution >= 0.6 is 7.37 Å². The second-order valence-corrected chi connectivity index (χ2v) is 7.05. The van der Waals surface area contributed by atoms with E-state index in [0.29, 0.717) is 16.4 Å². The van der Waals surface area contributed by atoms with Crippen LogP contribution < -0.4 is 25.7 Å². The Morgan fingerprint density at radius 2 is 1.27 bits per heavy atom. The van der Waals surface area contributed by atoms with Gasteiger partial charge in [0.2, 0.25) is 0 Å². The largest absolute Gasteiger partial charge is 0.353 e. The van der Waals surface area contributed by atoms with Gasteiger partial charge in [0.1, 0.15) is 6.20 Å². The van der Waals surface area contributed by atoms with Gasteiger partial charge in [0.25, 0.3) is 0 Å². The molecule has 0 radical (unpaired) electrons. The molecule has 0 aliphatic heterocycles. The molecule has 1 heterocycles. The first kappa shape index (κ1) is 14.4. The lowest BCUT2D eigenvalue weighted by atomic mass is 10.4. The van der Waals surface area contributed by atoms with Gasteiger partial charge in [-0.15, -0.1) is 0 Å². The number of anilines is 1. The van der Waals surface area contributed by atoms with Gasteiger partial charge in [0.05, 0.1) is 10.6 Å². The molecule has 0 saturated carbocycles. The third kappa shape index (κ3) is 2.74. The highest BCUT2D eigenvalue weighted by Gasteiger charge is 2.33. The first-order valence-electron chi connectivity index (χ1n) is 6.88. The minimum atomic E-state index is -3.29. The quantitative estimate of drug-likeness (QED) is 0.591. The molecule has 2 N–H and O–H groups in total. The van der Waals surface area contributed by atoms with E-state index in [1.807, 2.05) is 36.4 Å². The topological polar surface area (TPSA) is 56.2 Å². The number of nitrogens with two attached hydrogens (primary N) is 1. The Bertz CT molecular complexity index is 764. The molecule has 5 heteroatoms. The summed E-state index contributed by atoms with van der Waals surface area (Å²) >= 11 is 0. The second-order valence-electron chi connectivity index (χ2n) is 4.76. The fourth-order valence-corrected chi connectivity index (χ4v) is 4.14. The summed E-state index contributed by atoms with van der Waals surface area (Å²) < 4.78 is 20.8. The Hall–Kier alpha value is -2.58. The molecule has 0 unspecified atom stereocenters. The highest BCUT2D eigenvalue weighted by atomic mass is 31.2. The van der Waals surface area contributed by atoms with E-state index in [9.17, 15) is 4.57 Å². The van der Waals surface area contributed by atoms with E-state index in [2.05, 4.69) is 0 Å². The summed E-state index contributed by atoms with van der Waals surface area (Å²) in [5.74, 6) is 0.384. The van der Waals surface area contributed by atoms with Gasteiger partial charge in [-0.2, -0.15) is 0 Å². The lowest BCUT2D eigenvalue weighted by Gasteiger charge is -2.17. The summed E-state index contributed by atoms with van der Waals surface area (Å²) in [5.41, 5.74) is 5.90. The molecular weight excluding hydrogens is 295 g/mol. The van der Waals surface area contributed by atoms with Gasteiger partial charge < -0.3 is 0 Å². The van der Waals surface area contributed by atoms with Gasteiger partial charge in [-0.05, 0) is 35.1 Å². The first-order valence-corrected chi connectivity index (χ1v) is 8.50. The predicted molar refractivity (Wildman–Crippen MR) is 87.4 cm³/mol. The number of rotatable bonds is 4. The maximum atomic E-state index is 13.6. The van der Waals surface area contributed by atoms with E-state index in [1.54, 1.807) is 48.7 Å². The van der Waals surface area contributed by atoms with Gasteiger partial charge in [0, 0.05) is 6.07 Å². The van der Waals surface area contributed by atoms with Crippen LogP contribution in [0.1, 0.15) is 0 Å². The molecule has 0 bridgehead atoms. The standard InChI is InChI=1S/C17H15N2O2P/c18-17-13-7-8-14-19(17)21-22(20,15-9-3-1-4-10-15)16-11-5-2-6-12-16/h1-14,18H/p+1. The number of aromatic nitrogens is 1. The van der Waals surface area contributed by atoms with Crippen molar-refractivity contribution in [3.8, 4) is 0 Å². The molecule has 2 aromatic carbocycles. The van der Waals surface area contributed by atoms with Gasteiger partial charge in [-0.25, -0.2) is 0 Å². The lowest BCUT2D eigenvalue weighted by molar-refractivity contribution is -0.845. The molecule has 0 aliphatic carbocycles. The van der Waals surface area contributed by atoms with Crippen molar-refractivity contribution in [3.63, 3.8) is 0 Å². The van der Waals surface area contributed by atoms with Gasteiger partial charge in [-0.1, -0.05) is 42.5 Å². The summed E-state index contributed by atoms with van der Waals surface area (Å²) in [4.78, 5) is 0. The Labute approximate surface area is 129 Å². The lowest BCUT2D eigenvalue weighted by Crippen LogP contribution is -2.46. The van der Waals surface area contributed by atoms with Crippen LogP contribution in [-0.4, -0.2) is 0 Å². The molecule has 0 aliphatic rings. The van der Waals surface area contributed by atoms with E-state index in [1.165, 1.54) is 4.73 Å². The van der Waals surface area contributed by atoms with Crippen molar-refractivity contribution in [3.05, 3.63) is 85.1 Å². The maximum absolute atomic E-state index is 13.6. The van der Waals surface area contributed by atoms with Crippen molar-refractivity contribution >= 4 is 23.8 Å². The maximum Gasteiger partial charge on any atom is 0.353 e. The molecule has 3 rings (SSSR count). The van der Waals surface area contributed by atoms with Crippen LogP contribution in [0.25, 0.3) is 0 Å². The van der Waals surface area contributed by atoms with Crippen LogP contribution in [0.4, 0.5) is 5.82 Å². The minimum Gasteiger partial charge on any atom is -0.284 e. The zero-order valence-corrected chi connectivity index (χ0v) is 12.8. The Morgan fingerprint density at radius 3 is 1.77 bits per heavy atom. The summed E-state index contributed by atoms with van der Waals surface area (Å²) in [6, 6.07) is 23.6. The average molecular weight is 311 g/mol. The second kappa shape index (κ2) is 6.04. The van der Waals surface area contributed by atoms with E-state index in [4.69, 9.17) is 10.4 Å². The summed E-state index contributed by atoms with van der Waals surface area (Å²) in [6.45, 7) is 0. The zero-order chi connectivity index (χ0) is 15.4. The summed E-state index contributed by atoms with van der Waals surface area (Å²) in [7, 11) is -3.29. The van der Waals surface area contributed by atoms with Crippen LogP contribution in [0.2, 0.25) is 0 Å². The Kier molecular flexibility index (Phi) is 3.94. The first-order chi connectivity index (χ1) is 10.7. The van der Waals surface area contributed by atoms with Crippen molar-refractivity contribution in [2.75, 3.05) is 5.73 Å². The fraction of sp³-hybridized carbons (Fsp3) is 0. The monoisotopic (exact) mass is 311 g/mol. The highest BCUT2D eigenvalue weighted by molar-refractivity contribution is 7.74. The molecule has 110 valence electrons. The van der Waals surface area contributed by atoms with E-state index in [0.717, 1.165) is 0 Å². The SMILES string of the molecule is Nc1cccc[n+]1OP(=O)(c1ccccc1)c1ccccc1. The van der Waals surface area contributed by atoms with Gasteiger partial charge in [0.15, 0.2) is 0 Å². The molecular formula is C17H16N2O2P+. The smallest absolute Gasteiger partial charge is 0.284 e. The number of nitrogen functional groups attached to an aromatic ring is 1. The number of pyridine rings is 1. The number of hydrogen-bond acceptors (Lipinski definition) is 3. The van der Waals surface area contributed by atoms with Crippen LogP contribution in [-0.2, 0) is 4.57 Å². The Balaban J connectivity index is 2.13. The molecule has 1 aromatic heterocycles. The minimum absolute atomic E-state index is 0.384. The van der Waals surface area contributed by atoms with Crippen molar-refractivity contribution in [1.29, 1.82) is 0 Å². The van der Waals surface area contributed by atoms with Gasteiger partial charge in [-0.3, -0.25) is 14.9 Å². The highest BCUT2D eigenvalue weighted by Crippen LogP contribution is 2.39. The van der Waals surface area contributed by atoms with Crippen molar-refractivity contribution in [2.45, 2.75) is 0 Å². The predicted octanol–water partition coefficient (Wildman–Crippen LogP) is 1.91. The van der Waals surface area contributed by atoms with Crippen LogP contribution in [0.3, 0.4) is 0 Å². The molecule has 22 heavy (non-hydrogen) atoms. The van der Waals surface area contributed by atoms with Crippen LogP contribution in [0, 0.1) is 0 Å². The third-order valence-electron chi connectivity index (χ3n) is 3.25. The normalized spacial score (nSPS) is 11.1. The van der Waals surface area contributed by atoms with Gasteiger partial charge >= 0.3 is 13.2 Å². The molecule has 0 amide bonds.